The maximum Gasteiger partial charge on any atom is 0.219 e. The lowest BCUT2D eigenvalue weighted by molar-refractivity contribution is 0.463. The summed E-state index contributed by atoms with van der Waals surface area (Å²) in [6.07, 6.45) is 1.48. The van der Waals surface area contributed by atoms with E-state index in [1.807, 2.05) is 54.6 Å². The van der Waals surface area contributed by atoms with Gasteiger partial charge in [0.2, 0.25) is 5.88 Å². The molecule has 0 atom stereocenters. The number of aromatic nitrogens is 3. The standard InChI is InChI=1S/C19H12N4O/c20-11-13-5-10-18(21-12-13)24-15-8-6-14(7-9-15)19-22-16-3-1-2-4-17(16)23-19/h1-10,12H,(H,22,23). The largest absolute Gasteiger partial charge is 0.439 e. The van der Waals surface area contributed by atoms with E-state index >= 15 is 0 Å². The maximum atomic E-state index is 8.77. The molecule has 4 rings (SSSR count). The summed E-state index contributed by atoms with van der Waals surface area (Å²) in [6.45, 7) is 0. The number of nitrogens with one attached hydrogen (secondary N) is 1. The highest BCUT2D eigenvalue weighted by atomic mass is 16.5. The fourth-order valence-corrected chi connectivity index (χ4v) is 2.40. The van der Waals surface area contributed by atoms with E-state index in [9.17, 15) is 0 Å². The lowest BCUT2D eigenvalue weighted by atomic mass is 10.2. The summed E-state index contributed by atoms with van der Waals surface area (Å²) in [5, 5.41) is 8.77. The molecule has 0 radical (unpaired) electrons. The Hall–Kier alpha value is -3.65. The number of benzene rings is 2. The fraction of sp³-hybridized carbons (Fsp3) is 0. The van der Waals surface area contributed by atoms with Crippen LogP contribution in [0.3, 0.4) is 0 Å². The van der Waals surface area contributed by atoms with E-state index in [0.717, 1.165) is 22.4 Å². The van der Waals surface area contributed by atoms with Crippen molar-refractivity contribution in [2.75, 3.05) is 0 Å². The number of nitrogens with zero attached hydrogens (tertiary/aromatic N) is 3. The molecule has 0 saturated carbocycles. The van der Waals surface area contributed by atoms with Gasteiger partial charge in [-0.25, -0.2) is 9.97 Å². The van der Waals surface area contributed by atoms with E-state index in [0.29, 0.717) is 17.2 Å². The zero-order chi connectivity index (χ0) is 16.4. The van der Waals surface area contributed by atoms with E-state index in [1.165, 1.54) is 6.20 Å². The molecule has 0 aliphatic rings. The van der Waals surface area contributed by atoms with Crippen LogP contribution in [-0.4, -0.2) is 15.0 Å². The zero-order valence-electron chi connectivity index (χ0n) is 12.6. The highest BCUT2D eigenvalue weighted by Gasteiger charge is 2.05. The normalized spacial score (nSPS) is 10.5. The van der Waals surface area contributed by atoms with Crippen LogP contribution in [0.25, 0.3) is 22.4 Å². The number of rotatable bonds is 3. The van der Waals surface area contributed by atoms with Gasteiger partial charge in [-0.1, -0.05) is 12.1 Å². The van der Waals surface area contributed by atoms with Crippen LogP contribution in [0.15, 0.2) is 66.9 Å². The molecule has 24 heavy (non-hydrogen) atoms. The zero-order valence-corrected chi connectivity index (χ0v) is 12.6. The molecule has 2 aromatic carbocycles. The predicted octanol–water partition coefficient (Wildman–Crippen LogP) is 4.29. The Morgan fingerprint density at radius 1 is 0.958 bits per heavy atom. The number of H-pyrrole nitrogens is 1. The molecular weight excluding hydrogens is 300 g/mol. The molecule has 0 spiro atoms. The van der Waals surface area contributed by atoms with Crippen molar-refractivity contribution in [3.63, 3.8) is 0 Å². The second kappa shape index (κ2) is 5.86. The van der Waals surface area contributed by atoms with Crippen molar-refractivity contribution in [3.8, 4) is 29.1 Å². The van der Waals surface area contributed by atoms with Crippen LogP contribution >= 0.6 is 0 Å². The van der Waals surface area contributed by atoms with Crippen LogP contribution in [0.4, 0.5) is 0 Å². The van der Waals surface area contributed by atoms with Gasteiger partial charge in [-0.3, -0.25) is 0 Å². The minimum Gasteiger partial charge on any atom is -0.439 e. The molecule has 5 nitrogen and oxygen atoms in total. The van der Waals surface area contributed by atoms with Crippen LogP contribution in [0, 0.1) is 11.3 Å². The first-order valence-corrected chi connectivity index (χ1v) is 7.41. The van der Waals surface area contributed by atoms with Crippen molar-refractivity contribution in [1.29, 1.82) is 5.26 Å². The summed E-state index contributed by atoms with van der Waals surface area (Å²) in [4.78, 5) is 12.0. The summed E-state index contributed by atoms with van der Waals surface area (Å²) in [6, 6.07) is 20.9. The number of ether oxygens (including phenoxy) is 1. The third-order valence-electron chi connectivity index (χ3n) is 3.60. The van der Waals surface area contributed by atoms with Gasteiger partial charge in [-0.2, -0.15) is 5.26 Å². The average Bonchev–Trinajstić information content (AvgIpc) is 3.07. The number of aromatic amines is 1. The number of hydrogen-bond donors (Lipinski definition) is 1. The molecule has 0 aliphatic heterocycles. The Morgan fingerprint density at radius 2 is 1.79 bits per heavy atom. The molecule has 0 saturated heterocycles. The molecule has 0 amide bonds. The number of hydrogen-bond acceptors (Lipinski definition) is 4. The van der Waals surface area contributed by atoms with Gasteiger partial charge in [0.25, 0.3) is 0 Å². The molecule has 0 bridgehead atoms. The van der Waals surface area contributed by atoms with Crippen LogP contribution in [0.2, 0.25) is 0 Å². The summed E-state index contributed by atoms with van der Waals surface area (Å²) in [7, 11) is 0. The first kappa shape index (κ1) is 14.0. The van der Waals surface area contributed by atoms with Gasteiger partial charge in [0, 0.05) is 17.8 Å². The van der Waals surface area contributed by atoms with Gasteiger partial charge in [0.15, 0.2) is 0 Å². The van der Waals surface area contributed by atoms with Crippen LogP contribution in [0.1, 0.15) is 5.56 Å². The number of fused-ring (bicyclic) bond motifs is 1. The van der Waals surface area contributed by atoms with E-state index in [4.69, 9.17) is 10.00 Å². The summed E-state index contributed by atoms with van der Waals surface area (Å²) >= 11 is 0. The van der Waals surface area contributed by atoms with Crippen LogP contribution in [0.5, 0.6) is 11.6 Å². The molecule has 0 aliphatic carbocycles. The molecule has 0 unspecified atom stereocenters. The first-order chi connectivity index (χ1) is 11.8. The Bertz CT molecular complexity index is 995. The monoisotopic (exact) mass is 312 g/mol. The van der Waals surface area contributed by atoms with Crippen molar-refractivity contribution < 1.29 is 4.74 Å². The van der Waals surface area contributed by atoms with Gasteiger partial charge >= 0.3 is 0 Å². The fourth-order valence-electron chi connectivity index (χ4n) is 2.40. The number of imidazole rings is 1. The Balaban J connectivity index is 1.56. The predicted molar refractivity (Wildman–Crippen MR) is 90.6 cm³/mol. The Labute approximate surface area is 138 Å². The minimum absolute atomic E-state index is 0.450. The van der Waals surface area contributed by atoms with Crippen molar-refractivity contribution in [2.45, 2.75) is 0 Å². The van der Waals surface area contributed by atoms with Crippen molar-refractivity contribution in [3.05, 3.63) is 72.4 Å². The molecule has 0 fully saturated rings. The maximum absolute atomic E-state index is 8.77. The van der Waals surface area contributed by atoms with Crippen LogP contribution < -0.4 is 4.74 Å². The van der Waals surface area contributed by atoms with Gasteiger partial charge in [-0.15, -0.1) is 0 Å². The van der Waals surface area contributed by atoms with E-state index < -0.39 is 0 Å². The smallest absolute Gasteiger partial charge is 0.219 e. The molecule has 2 heterocycles. The van der Waals surface area contributed by atoms with Crippen molar-refractivity contribution in [1.82, 2.24) is 15.0 Å². The summed E-state index contributed by atoms with van der Waals surface area (Å²) in [5.74, 6) is 1.94. The SMILES string of the molecule is N#Cc1ccc(Oc2ccc(-c3nc4ccccc4[nH]3)cc2)nc1. The highest BCUT2D eigenvalue weighted by Crippen LogP contribution is 2.25. The van der Waals surface area contributed by atoms with Crippen molar-refractivity contribution in [2.24, 2.45) is 0 Å². The lowest BCUT2D eigenvalue weighted by Gasteiger charge is -2.05. The molecule has 1 N–H and O–H groups in total. The second-order valence-corrected chi connectivity index (χ2v) is 5.23. The summed E-state index contributed by atoms with van der Waals surface area (Å²) in [5.41, 5.74) is 3.43. The Kier molecular flexibility index (Phi) is 3.41. The second-order valence-electron chi connectivity index (χ2n) is 5.23. The molecule has 4 aromatic rings. The molecule has 2 aromatic heterocycles. The van der Waals surface area contributed by atoms with Gasteiger partial charge in [-0.05, 0) is 42.5 Å². The van der Waals surface area contributed by atoms with Crippen LogP contribution in [-0.2, 0) is 0 Å². The average molecular weight is 312 g/mol. The quantitative estimate of drug-likeness (QED) is 0.612. The minimum atomic E-state index is 0.450. The third-order valence-corrected chi connectivity index (χ3v) is 3.60. The van der Waals surface area contributed by atoms with Gasteiger partial charge in [0.1, 0.15) is 17.6 Å². The molecule has 114 valence electrons. The van der Waals surface area contributed by atoms with Gasteiger partial charge in [0.05, 0.1) is 16.6 Å². The van der Waals surface area contributed by atoms with Crippen molar-refractivity contribution >= 4 is 11.0 Å². The molecular formula is C19H12N4O. The number of nitriles is 1. The van der Waals surface area contributed by atoms with E-state index in [1.54, 1.807) is 12.1 Å². The Morgan fingerprint density at radius 3 is 2.50 bits per heavy atom. The van der Waals surface area contributed by atoms with Gasteiger partial charge < -0.3 is 9.72 Å². The van der Waals surface area contributed by atoms with E-state index in [2.05, 4.69) is 15.0 Å². The van der Waals surface area contributed by atoms with E-state index in [-0.39, 0.29) is 0 Å². The summed E-state index contributed by atoms with van der Waals surface area (Å²) < 4.78 is 5.68. The third kappa shape index (κ3) is 2.69. The number of para-hydroxylation sites is 2. The topological polar surface area (TPSA) is 74.6 Å². The lowest BCUT2D eigenvalue weighted by Crippen LogP contribution is -1.88. The highest BCUT2D eigenvalue weighted by molar-refractivity contribution is 5.79. The molecule has 5 heteroatoms. The number of pyridine rings is 1. The first-order valence-electron chi connectivity index (χ1n) is 7.41.